The average Bonchev–Trinajstić information content (AvgIpc) is 2.19. The van der Waals surface area contributed by atoms with Crippen LogP contribution < -0.4 is 5.73 Å². The van der Waals surface area contributed by atoms with Crippen molar-refractivity contribution in [2.24, 2.45) is 5.92 Å². The Bertz CT molecular complexity index is 387. The molecule has 5 heteroatoms. The molecule has 1 aromatic carbocycles. The van der Waals surface area contributed by atoms with Gasteiger partial charge < -0.3 is 10.5 Å². The first-order valence-corrected chi connectivity index (χ1v) is 4.75. The number of anilines is 1. The Morgan fingerprint density at radius 3 is 2.56 bits per heavy atom. The number of nitrogens with two attached hydrogens (primary N) is 1. The molecular weight excluding hydrogens is 219 g/mol. The maximum absolute atomic E-state index is 12.5. The Balaban J connectivity index is 3.03. The van der Waals surface area contributed by atoms with Gasteiger partial charge in [0, 0.05) is 11.6 Å². The van der Waals surface area contributed by atoms with Crippen LogP contribution in [0.4, 0.5) is 18.9 Å². The van der Waals surface area contributed by atoms with Crippen LogP contribution in [0.2, 0.25) is 0 Å². The van der Waals surface area contributed by atoms with E-state index in [1.54, 1.807) is 6.92 Å². The van der Waals surface area contributed by atoms with E-state index in [4.69, 9.17) is 5.73 Å². The minimum Gasteiger partial charge on any atom is -0.398 e. The van der Waals surface area contributed by atoms with Gasteiger partial charge in [-0.2, -0.15) is 13.2 Å². The molecule has 2 nitrogen and oxygen atoms in total. The van der Waals surface area contributed by atoms with Crippen molar-refractivity contribution in [1.29, 1.82) is 0 Å². The van der Waals surface area contributed by atoms with Gasteiger partial charge in [0.1, 0.15) is 6.29 Å². The van der Waals surface area contributed by atoms with Gasteiger partial charge >= 0.3 is 6.18 Å². The van der Waals surface area contributed by atoms with Crippen molar-refractivity contribution >= 4 is 12.0 Å². The summed E-state index contributed by atoms with van der Waals surface area (Å²) in [4.78, 5) is 10.4. The third kappa shape index (κ3) is 2.98. The SMILES string of the molecule is CC(C=O)Cc1ccc(N)c(C(F)(F)F)c1. The first kappa shape index (κ1) is 12.5. The first-order chi connectivity index (χ1) is 7.34. The third-order valence-corrected chi connectivity index (χ3v) is 2.21. The predicted molar refractivity (Wildman–Crippen MR) is 54.8 cm³/mol. The van der Waals surface area contributed by atoms with Gasteiger partial charge in [-0.25, -0.2) is 0 Å². The second-order valence-corrected chi connectivity index (χ2v) is 3.74. The molecule has 1 rings (SSSR count). The molecule has 1 atom stereocenters. The summed E-state index contributed by atoms with van der Waals surface area (Å²) in [5, 5.41) is 0. The Morgan fingerprint density at radius 2 is 2.06 bits per heavy atom. The zero-order valence-corrected chi connectivity index (χ0v) is 8.71. The van der Waals surface area contributed by atoms with Gasteiger partial charge in [-0.15, -0.1) is 0 Å². The van der Waals surface area contributed by atoms with Crippen LogP contribution in [-0.2, 0) is 17.4 Å². The highest BCUT2D eigenvalue weighted by Gasteiger charge is 2.33. The number of carbonyl (C=O) groups is 1. The fraction of sp³-hybridized carbons (Fsp3) is 0.364. The van der Waals surface area contributed by atoms with Crippen LogP contribution in [0.3, 0.4) is 0 Å². The molecule has 1 aromatic rings. The van der Waals surface area contributed by atoms with E-state index in [2.05, 4.69) is 0 Å². The largest absolute Gasteiger partial charge is 0.418 e. The lowest BCUT2D eigenvalue weighted by atomic mass is 9.99. The average molecular weight is 231 g/mol. The van der Waals surface area contributed by atoms with Gasteiger partial charge in [-0.3, -0.25) is 0 Å². The zero-order chi connectivity index (χ0) is 12.3. The van der Waals surface area contributed by atoms with Crippen molar-refractivity contribution in [2.75, 3.05) is 5.73 Å². The van der Waals surface area contributed by atoms with E-state index in [1.165, 1.54) is 12.1 Å². The molecular formula is C11H12F3NO. The fourth-order valence-electron chi connectivity index (χ4n) is 1.40. The van der Waals surface area contributed by atoms with Gasteiger partial charge in [0.2, 0.25) is 0 Å². The van der Waals surface area contributed by atoms with E-state index in [1.807, 2.05) is 0 Å². The molecule has 0 aliphatic rings. The van der Waals surface area contributed by atoms with Crippen LogP contribution >= 0.6 is 0 Å². The highest BCUT2D eigenvalue weighted by atomic mass is 19.4. The highest BCUT2D eigenvalue weighted by molar-refractivity contribution is 5.55. The van der Waals surface area contributed by atoms with Crippen LogP contribution in [0.25, 0.3) is 0 Å². The minimum atomic E-state index is -4.45. The summed E-state index contributed by atoms with van der Waals surface area (Å²) in [6.45, 7) is 1.65. The van der Waals surface area contributed by atoms with E-state index in [-0.39, 0.29) is 18.0 Å². The molecule has 1 unspecified atom stereocenters. The molecule has 0 fully saturated rings. The Kier molecular flexibility index (Phi) is 3.57. The molecule has 16 heavy (non-hydrogen) atoms. The molecule has 0 bridgehead atoms. The minimum absolute atomic E-state index is 0.285. The van der Waals surface area contributed by atoms with E-state index in [9.17, 15) is 18.0 Å². The number of benzene rings is 1. The van der Waals surface area contributed by atoms with E-state index in [0.717, 1.165) is 6.07 Å². The second kappa shape index (κ2) is 4.55. The molecule has 0 aromatic heterocycles. The number of hydrogen-bond donors (Lipinski definition) is 1. The number of carbonyl (C=O) groups excluding carboxylic acids is 1. The molecule has 2 N–H and O–H groups in total. The predicted octanol–water partition coefficient (Wildman–Crippen LogP) is 2.67. The maximum Gasteiger partial charge on any atom is 0.418 e. The van der Waals surface area contributed by atoms with Crippen molar-refractivity contribution in [3.8, 4) is 0 Å². The second-order valence-electron chi connectivity index (χ2n) is 3.74. The number of nitrogen functional groups attached to an aromatic ring is 1. The lowest BCUT2D eigenvalue weighted by Gasteiger charge is -2.12. The number of rotatable bonds is 3. The van der Waals surface area contributed by atoms with Gasteiger partial charge in [0.15, 0.2) is 0 Å². The van der Waals surface area contributed by atoms with E-state index >= 15 is 0 Å². The Morgan fingerprint density at radius 1 is 1.44 bits per heavy atom. The van der Waals surface area contributed by atoms with Crippen LogP contribution in [0, 0.1) is 5.92 Å². The highest BCUT2D eigenvalue weighted by Crippen LogP contribution is 2.34. The monoisotopic (exact) mass is 231 g/mol. The summed E-state index contributed by atoms with van der Waals surface area (Å²) in [6.07, 6.45) is -3.46. The third-order valence-electron chi connectivity index (χ3n) is 2.21. The summed E-state index contributed by atoms with van der Waals surface area (Å²) in [7, 11) is 0. The van der Waals surface area contributed by atoms with Crippen molar-refractivity contribution in [3.63, 3.8) is 0 Å². The number of hydrogen-bond acceptors (Lipinski definition) is 2. The van der Waals surface area contributed by atoms with Crippen molar-refractivity contribution < 1.29 is 18.0 Å². The van der Waals surface area contributed by atoms with E-state index < -0.39 is 11.7 Å². The first-order valence-electron chi connectivity index (χ1n) is 4.75. The van der Waals surface area contributed by atoms with Gasteiger partial charge in [0.25, 0.3) is 0 Å². The smallest absolute Gasteiger partial charge is 0.398 e. The standard InChI is InChI=1S/C11H12F3NO/c1-7(6-16)4-8-2-3-10(15)9(5-8)11(12,13)14/h2-3,5-7H,4,15H2,1H3. The van der Waals surface area contributed by atoms with Crippen LogP contribution in [-0.4, -0.2) is 6.29 Å². The van der Waals surface area contributed by atoms with Crippen LogP contribution in [0.15, 0.2) is 18.2 Å². The maximum atomic E-state index is 12.5. The molecule has 0 radical (unpaired) electrons. The molecule has 0 heterocycles. The molecule has 0 amide bonds. The lowest BCUT2D eigenvalue weighted by Crippen LogP contribution is -2.10. The molecule has 0 saturated heterocycles. The van der Waals surface area contributed by atoms with Crippen molar-refractivity contribution in [1.82, 2.24) is 0 Å². The quantitative estimate of drug-likeness (QED) is 0.642. The zero-order valence-electron chi connectivity index (χ0n) is 8.71. The number of halogens is 3. The fourth-order valence-corrected chi connectivity index (χ4v) is 1.40. The molecule has 88 valence electrons. The topological polar surface area (TPSA) is 43.1 Å². The number of aldehydes is 1. The lowest BCUT2D eigenvalue weighted by molar-refractivity contribution is -0.136. The Labute approximate surface area is 91.3 Å². The summed E-state index contributed by atoms with van der Waals surface area (Å²) in [6, 6.07) is 3.72. The van der Waals surface area contributed by atoms with Gasteiger partial charge in [-0.05, 0) is 24.1 Å². The summed E-state index contributed by atoms with van der Waals surface area (Å²) < 4.78 is 37.5. The van der Waals surface area contributed by atoms with Crippen LogP contribution in [0.1, 0.15) is 18.1 Å². The van der Waals surface area contributed by atoms with Crippen molar-refractivity contribution in [2.45, 2.75) is 19.5 Å². The molecule has 0 spiro atoms. The Hall–Kier alpha value is -1.52. The normalized spacial score (nSPS) is 13.5. The number of alkyl halides is 3. The summed E-state index contributed by atoms with van der Waals surface area (Å²) >= 11 is 0. The molecule has 0 saturated carbocycles. The van der Waals surface area contributed by atoms with Crippen molar-refractivity contribution in [3.05, 3.63) is 29.3 Å². The summed E-state index contributed by atoms with van der Waals surface area (Å²) in [5.74, 6) is -0.301. The summed E-state index contributed by atoms with van der Waals surface area (Å²) in [5.41, 5.74) is 4.57. The van der Waals surface area contributed by atoms with Crippen LogP contribution in [0.5, 0.6) is 0 Å². The van der Waals surface area contributed by atoms with Gasteiger partial charge in [-0.1, -0.05) is 13.0 Å². The van der Waals surface area contributed by atoms with Gasteiger partial charge in [0.05, 0.1) is 5.56 Å². The molecule has 0 aliphatic carbocycles. The molecule has 0 aliphatic heterocycles. The van der Waals surface area contributed by atoms with E-state index in [0.29, 0.717) is 11.8 Å².